The van der Waals surface area contributed by atoms with E-state index in [1.807, 2.05) is 21.1 Å². The number of phosphoric ester groups is 1. The number of ether oxygens (including phenoxy) is 2. The lowest BCUT2D eigenvalue weighted by Gasteiger charge is -2.24. The Morgan fingerprint density at radius 3 is 0.930 bits per heavy atom. The number of quaternary nitrogens is 1. The molecule has 0 aliphatic heterocycles. The number of unbranched alkanes of at least 4 members (excludes halogenated alkanes) is 27. The lowest BCUT2D eigenvalue weighted by atomic mass is 10.0. The number of allylic oxidation sites excluding steroid dienone is 22. The second-order valence-corrected chi connectivity index (χ2v) is 25.6. The van der Waals surface area contributed by atoms with Gasteiger partial charge in [0.25, 0.3) is 0 Å². The zero-order chi connectivity index (χ0) is 62.6. The Labute approximate surface area is 530 Å². The van der Waals surface area contributed by atoms with E-state index < -0.39 is 26.5 Å². The first kappa shape index (κ1) is 82.1. The zero-order valence-corrected chi connectivity index (χ0v) is 56.9. The minimum absolute atomic E-state index is 0.0214. The van der Waals surface area contributed by atoms with Crippen LogP contribution in [0.5, 0.6) is 0 Å². The summed E-state index contributed by atoms with van der Waals surface area (Å²) >= 11 is 0. The third kappa shape index (κ3) is 69.3. The molecular formula is C76H131NO8P+. The van der Waals surface area contributed by atoms with Crippen molar-refractivity contribution in [3.05, 3.63) is 134 Å². The van der Waals surface area contributed by atoms with Crippen LogP contribution in [0.4, 0.5) is 0 Å². The van der Waals surface area contributed by atoms with E-state index in [0.29, 0.717) is 17.4 Å². The molecule has 0 bridgehead atoms. The maximum absolute atomic E-state index is 12.8. The summed E-state index contributed by atoms with van der Waals surface area (Å²) in [5.74, 6) is -0.825. The van der Waals surface area contributed by atoms with Crippen molar-refractivity contribution in [1.82, 2.24) is 0 Å². The van der Waals surface area contributed by atoms with Gasteiger partial charge in [-0.05, 0) is 109 Å². The highest BCUT2D eigenvalue weighted by atomic mass is 31.2. The number of carbonyl (C=O) groups excluding carboxylic acids is 2. The van der Waals surface area contributed by atoms with Crippen molar-refractivity contribution in [3.63, 3.8) is 0 Å². The predicted molar refractivity (Wildman–Crippen MR) is 371 cm³/mol. The summed E-state index contributed by atoms with van der Waals surface area (Å²) in [6, 6.07) is 0. The van der Waals surface area contributed by atoms with Gasteiger partial charge >= 0.3 is 19.8 Å². The molecule has 9 nitrogen and oxygen atoms in total. The van der Waals surface area contributed by atoms with Gasteiger partial charge in [-0.25, -0.2) is 4.57 Å². The quantitative estimate of drug-likeness (QED) is 0.0211. The Kier molecular flexibility index (Phi) is 62.7. The van der Waals surface area contributed by atoms with Crippen LogP contribution >= 0.6 is 7.82 Å². The molecule has 0 spiro atoms. The smallest absolute Gasteiger partial charge is 0.462 e. The van der Waals surface area contributed by atoms with Crippen LogP contribution in [0.25, 0.3) is 0 Å². The molecule has 0 fully saturated rings. The standard InChI is InChI=1S/C76H130NO8P/c1-6-8-10-12-14-16-18-20-22-24-26-28-30-31-32-33-34-35-36-37-38-39-40-41-42-43-44-45-47-48-50-52-54-56-58-60-62-64-66-68-75(78)82-72-74(73-84-86(80,81)83-71-70-77(3,4)5)85-76(79)69-67-65-63-61-59-57-55-53-51-49-46-29-27-25-23-21-19-17-15-13-11-9-7-2/h8-11,14-17,20-23,26-29,31-32,49,51,55,57,74H,6-7,12-13,18-19,24-25,30,33-48,50,52-54,56,58-73H2,1-5H3/p+1/b10-8-,11-9-,16-14-,17-15-,22-20-,23-21-,28-26-,29-27-,32-31-,51-49-,57-55-. The lowest BCUT2D eigenvalue weighted by molar-refractivity contribution is -0.870. The van der Waals surface area contributed by atoms with Crippen LogP contribution in [0.3, 0.4) is 0 Å². The summed E-state index contributed by atoms with van der Waals surface area (Å²) in [5.41, 5.74) is 0. The van der Waals surface area contributed by atoms with Gasteiger partial charge in [-0.3, -0.25) is 18.6 Å². The van der Waals surface area contributed by atoms with Crippen molar-refractivity contribution in [2.24, 2.45) is 0 Å². The lowest BCUT2D eigenvalue weighted by Crippen LogP contribution is -2.37. The van der Waals surface area contributed by atoms with E-state index in [2.05, 4.69) is 148 Å². The van der Waals surface area contributed by atoms with Crippen molar-refractivity contribution >= 4 is 19.8 Å². The summed E-state index contributed by atoms with van der Waals surface area (Å²) in [7, 11) is 1.45. The Bertz CT molecular complexity index is 1910. The van der Waals surface area contributed by atoms with Crippen LogP contribution in [0.15, 0.2) is 134 Å². The van der Waals surface area contributed by atoms with Crippen LogP contribution in [0, 0.1) is 0 Å². The van der Waals surface area contributed by atoms with E-state index in [9.17, 15) is 19.0 Å². The molecule has 492 valence electrons. The molecule has 0 saturated carbocycles. The minimum Gasteiger partial charge on any atom is -0.462 e. The van der Waals surface area contributed by atoms with Crippen LogP contribution in [0.1, 0.15) is 284 Å². The van der Waals surface area contributed by atoms with Gasteiger partial charge in [0.2, 0.25) is 0 Å². The largest absolute Gasteiger partial charge is 0.472 e. The second kappa shape index (κ2) is 65.6. The van der Waals surface area contributed by atoms with Crippen molar-refractivity contribution < 1.29 is 42.1 Å². The van der Waals surface area contributed by atoms with E-state index in [1.165, 1.54) is 135 Å². The van der Waals surface area contributed by atoms with Gasteiger partial charge in [-0.2, -0.15) is 0 Å². The van der Waals surface area contributed by atoms with Gasteiger partial charge in [-0.15, -0.1) is 0 Å². The summed E-state index contributed by atoms with van der Waals surface area (Å²) in [5, 5.41) is 0. The van der Waals surface area contributed by atoms with E-state index in [4.69, 9.17) is 18.5 Å². The molecular weight excluding hydrogens is 1090 g/mol. The molecule has 0 aliphatic carbocycles. The fraction of sp³-hybridized carbons (Fsp3) is 0.684. The number of phosphoric acid groups is 1. The molecule has 1 N–H and O–H groups in total. The second-order valence-electron chi connectivity index (χ2n) is 24.2. The molecule has 0 rings (SSSR count). The fourth-order valence-electron chi connectivity index (χ4n) is 9.40. The van der Waals surface area contributed by atoms with Gasteiger partial charge in [0.15, 0.2) is 6.10 Å². The van der Waals surface area contributed by atoms with E-state index in [0.717, 1.165) is 116 Å². The molecule has 0 amide bonds. The Hall–Kier alpha value is -3.85. The topological polar surface area (TPSA) is 108 Å². The van der Waals surface area contributed by atoms with Crippen LogP contribution in [0.2, 0.25) is 0 Å². The molecule has 10 heteroatoms. The molecule has 0 aromatic heterocycles. The molecule has 0 heterocycles. The van der Waals surface area contributed by atoms with Gasteiger partial charge < -0.3 is 18.9 Å². The Balaban J connectivity index is 4.01. The van der Waals surface area contributed by atoms with Crippen LogP contribution in [-0.4, -0.2) is 74.9 Å². The minimum atomic E-state index is -4.41. The molecule has 2 atom stereocenters. The van der Waals surface area contributed by atoms with E-state index in [1.54, 1.807) is 0 Å². The first-order valence-electron chi connectivity index (χ1n) is 34.9. The third-order valence-corrected chi connectivity index (χ3v) is 15.7. The number of rotatable bonds is 63. The van der Waals surface area contributed by atoms with Gasteiger partial charge in [0.1, 0.15) is 19.8 Å². The molecule has 0 saturated heterocycles. The molecule has 0 radical (unpaired) electrons. The van der Waals surface area contributed by atoms with Crippen LogP contribution < -0.4 is 0 Å². The fourth-order valence-corrected chi connectivity index (χ4v) is 10.1. The molecule has 2 unspecified atom stereocenters. The highest BCUT2D eigenvalue weighted by Gasteiger charge is 2.27. The average molecular weight is 1220 g/mol. The maximum Gasteiger partial charge on any atom is 0.472 e. The Morgan fingerprint density at radius 1 is 0.360 bits per heavy atom. The number of hydrogen-bond donors (Lipinski definition) is 1. The number of nitrogens with zero attached hydrogens (tertiary/aromatic N) is 1. The summed E-state index contributed by atoms with van der Waals surface area (Å²) in [6.07, 6.45) is 95.7. The number of carbonyl (C=O) groups is 2. The van der Waals surface area contributed by atoms with Crippen LogP contribution in [-0.2, 0) is 32.7 Å². The summed E-state index contributed by atoms with van der Waals surface area (Å²) in [6.45, 7) is 4.18. The predicted octanol–water partition coefficient (Wildman–Crippen LogP) is 22.8. The Morgan fingerprint density at radius 2 is 0.628 bits per heavy atom. The molecule has 0 aliphatic rings. The number of esters is 2. The highest BCUT2D eigenvalue weighted by Crippen LogP contribution is 2.43. The number of hydrogen-bond acceptors (Lipinski definition) is 7. The normalized spacial score (nSPS) is 14.0. The van der Waals surface area contributed by atoms with Gasteiger partial charge in [0.05, 0.1) is 27.7 Å². The zero-order valence-electron chi connectivity index (χ0n) is 56.0. The van der Waals surface area contributed by atoms with Gasteiger partial charge in [0, 0.05) is 12.8 Å². The summed E-state index contributed by atoms with van der Waals surface area (Å²) < 4.78 is 34.7. The monoisotopic (exact) mass is 1220 g/mol. The highest BCUT2D eigenvalue weighted by molar-refractivity contribution is 7.47. The molecule has 0 aromatic carbocycles. The van der Waals surface area contributed by atoms with Gasteiger partial charge in [-0.1, -0.05) is 295 Å². The van der Waals surface area contributed by atoms with Crippen molar-refractivity contribution in [2.75, 3.05) is 47.5 Å². The summed E-state index contributed by atoms with van der Waals surface area (Å²) in [4.78, 5) is 35.8. The first-order valence-corrected chi connectivity index (χ1v) is 36.4. The van der Waals surface area contributed by atoms with Crippen molar-refractivity contribution in [2.45, 2.75) is 290 Å². The number of likely N-dealkylation sites (N-methyl/N-ethyl adjacent to an activating group) is 1. The molecule has 86 heavy (non-hydrogen) atoms. The van der Waals surface area contributed by atoms with E-state index in [-0.39, 0.29) is 32.0 Å². The molecule has 0 aromatic rings. The SMILES string of the molecule is CC/C=C\C/C=C\C/C=C\C/C=C\C/C=C\C/C=C\CCCCCCC(=O)OC(COC(=O)CCCCCCCCCCCCCCCCCCCCCCCCC/C=C\C/C=C\C/C=C\C/C=C\C/C=C\CC)COP(=O)(O)OCC[N+](C)(C)C. The van der Waals surface area contributed by atoms with Crippen molar-refractivity contribution in [1.29, 1.82) is 0 Å². The third-order valence-electron chi connectivity index (χ3n) is 14.7. The average Bonchev–Trinajstić information content (AvgIpc) is 3.56. The van der Waals surface area contributed by atoms with Crippen molar-refractivity contribution in [3.8, 4) is 0 Å². The first-order chi connectivity index (χ1) is 42.0. The van der Waals surface area contributed by atoms with E-state index >= 15 is 0 Å². The maximum atomic E-state index is 12.8.